The lowest BCUT2D eigenvalue weighted by Crippen LogP contribution is -2.44. The normalized spacial score (nSPS) is 13.7. The molecule has 4 atom stereocenters. The van der Waals surface area contributed by atoms with Gasteiger partial charge in [-0.2, -0.15) is 0 Å². The van der Waals surface area contributed by atoms with Gasteiger partial charge in [-0.25, -0.2) is 9.78 Å². The van der Waals surface area contributed by atoms with Gasteiger partial charge in [-0.1, -0.05) is 55.5 Å². The second-order valence-corrected chi connectivity index (χ2v) is 9.35. The first-order valence-electron chi connectivity index (χ1n) is 13.2. The first kappa shape index (κ1) is 30.1. The van der Waals surface area contributed by atoms with Crippen LogP contribution in [-0.4, -0.2) is 48.2 Å². The minimum absolute atomic E-state index is 0.129. The first-order valence-corrected chi connectivity index (χ1v) is 13.2. The van der Waals surface area contributed by atoms with Crippen molar-refractivity contribution in [2.24, 2.45) is 5.92 Å². The number of amides is 1. The van der Waals surface area contributed by atoms with E-state index in [0.29, 0.717) is 12.8 Å². The second-order valence-electron chi connectivity index (χ2n) is 9.35. The van der Waals surface area contributed by atoms with Crippen molar-refractivity contribution in [1.82, 2.24) is 10.3 Å². The summed E-state index contributed by atoms with van der Waals surface area (Å²) in [6, 6.07) is 19.9. The number of nitrogens with one attached hydrogen (secondary N) is 1. The van der Waals surface area contributed by atoms with Crippen LogP contribution in [0.3, 0.4) is 0 Å². The summed E-state index contributed by atoms with van der Waals surface area (Å²) in [7, 11) is 1.38. The van der Waals surface area contributed by atoms with E-state index < -0.39 is 30.0 Å². The van der Waals surface area contributed by atoms with Crippen LogP contribution in [0.4, 0.5) is 0 Å². The van der Waals surface area contributed by atoms with Crippen molar-refractivity contribution in [3.05, 3.63) is 84.2 Å². The Bertz CT molecular complexity index is 1270. The van der Waals surface area contributed by atoms with Gasteiger partial charge in [0.05, 0.1) is 7.11 Å². The predicted molar refractivity (Wildman–Crippen MR) is 149 cm³/mol. The Kier molecular flexibility index (Phi) is 11.1. The standard InChI is InChI=1S/C31H36N2O7/c1-6-26(40-24-15-11-8-12-16-24)25(19-23-13-9-7-10-14-23)21(3)38-31(36)20(2)33-30(35)28-29(39-22(4)34)27(37-5)17-18-32-28/h7-18,20-21,25-26H,6,19H2,1-5H3,(H,33,35)/t20-,21-,25-,26+/m0/s1. The maximum Gasteiger partial charge on any atom is 0.328 e. The third kappa shape index (κ3) is 8.30. The molecule has 1 aromatic heterocycles. The lowest BCUT2D eigenvalue weighted by molar-refractivity contribution is -0.154. The molecule has 1 N–H and O–H groups in total. The van der Waals surface area contributed by atoms with Gasteiger partial charge in [0.2, 0.25) is 5.75 Å². The van der Waals surface area contributed by atoms with Crippen LogP contribution in [-0.2, 0) is 20.7 Å². The molecule has 9 nitrogen and oxygen atoms in total. The number of carbonyl (C=O) groups excluding carboxylic acids is 3. The highest BCUT2D eigenvalue weighted by molar-refractivity contribution is 5.98. The van der Waals surface area contributed by atoms with Crippen molar-refractivity contribution < 1.29 is 33.3 Å². The van der Waals surface area contributed by atoms with Crippen molar-refractivity contribution in [2.45, 2.75) is 58.8 Å². The molecule has 0 aliphatic rings. The fourth-order valence-electron chi connectivity index (χ4n) is 4.33. The summed E-state index contributed by atoms with van der Waals surface area (Å²) < 4.78 is 22.6. The summed E-state index contributed by atoms with van der Waals surface area (Å²) in [6.07, 6.45) is 1.90. The monoisotopic (exact) mass is 548 g/mol. The van der Waals surface area contributed by atoms with Crippen LogP contribution in [0.1, 0.15) is 50.2 Å². The van der Waals surface area contributed by atoms with Crippen LogP contribution < -0.4 is 19.5 Å². The molecule has 0 saturated carbocycles. The fraction of sp³-hybridized carbons (Fsp3) is 0.355. The number of benzene rings is 2. The van der Waals surface area contributed by atoms with Crippen molar-refractivity contribution >= 4 is 17.8 Å². The molecule has 0 spiro atoms. The maximum absolute atomic E-state index is 13.1. The summed E-state index contributed by atoms with van der Waals surface area (Å²) in [5.41, 5.74) is 0.903. The molecule has 0 fully saturated rings. The molecule has 212 valence electrons. The Morgan fingerprint density at radius 3 is 2.20 bits per heavy atom. The van der Waals surface area contributed by atoms with Crippen LogP contribution in [0.15, 0.2) is 72.9 Å². The maximum atomic E-state index is 13.1. The molecule has 0 aliphatic heterocycles. The van der Waals surface area contributed by atoms with Gasteiger partial charge in [0.25, 0.3) is 5.91 Å². The van der Waals surface area contributed by atoms with E-state index >= 15 is 0 Å². The molecule has 0 aliphatic carbocycles. The topological polar surface area (TPSA) is 113 Å². The Morgan fingerprint density at radius 2 is 1.60 bits per heavy atom. The number of esters is 2. The van der Waals surface area contributed by atoms with E-state index in [1.165, 1.54) is 33.2 Å². The molecule has 1 heterocycles. The number of nitrogens with zero attached hydrogens (tertiary/aromatic N) is 1. The van der Waals surface area contributed by atoms with E-state index in [4.69, 9.17) is 18.9 Å². The third-order valence-corrected chi connectivity index (χ3v) is 6.38. The first-order chi connectivity index (χ1) is 19.2. The second kappa shape index (κ2) is 14.7. The van der Waals surface area contributed by atoms with Gasteiger partial charge in [-0.15, -0.1) is 0 Å². The molecule has 0 bridgehead atoms. The quantitative estimate of drug-likeness (QED) is 0.304. The fourth-order valence-corrected chi connectivity index (χ4v) is 4.33. The highest BCUT2D eigenvalue weighted by Crippen LogP contribution is 2.30. The zero-order valence-electron chi connectivity index (χ0n) is 23.5. The highest BCUT2D eigenvalue weighted by Gasteiger charge is 2.32. The number of pyridine rings is 1. The van der Waals surface area contributed by atoms with Gasteiger partial charge in [-0.05, 0) is 44.4 Å². The van der Waals surface area contributed by atoms with Gasteiger partial charge in [0, 0.05) is 25.1 Å². The van der Waals surface area contributed by atoms with E-state index in [-0.39, 0.29) is 29.2 Å². The minimum Gasteiger partial charge on any atom is -0.493 e. The highest BCUT2D eigenvalue weighted by atomic mass is 16.6. The molecule has 0 radical (unpaired) electrons. The number of methoxy groups -OCH3 is 1. The van der Waals surface area contributed by atoms with Gasteiger partial charge in [0.15, 0.2) is 11.4 Å². The zero-order chi connectivity index (χ0) is 29.1. The van der Waals surface area contributed by atoms with Gasteiger partial charge >= 0.3 is 11.9 Å². The van der Waals surface area contributed by atoms with Gasteiger partial charge in [0.1, 0.15) is 24.0 Å². The molecule has 0 unspecified atom stereocenters. The van der Waals surface area contributed by atoms with E-state index in [0.717, 1.165) is 11.3 Å². The lowest BCUT2D eigenvalue weighted by Gasteiger charge is -2.32. The van der Waals surface area contributed by atoms with Crippen molar-refractivity contribution in [1.29, 1.82) is 0 Å². The zero-order valence-corrected chi connectivity index (χ0v) is 23.5. The van der Waals surface area contributed by atoms with Crippen LogP contribution in [0.5, 0.6) is 17.2 Å². The van der Waals surface area contributed by atoms with Crippen molar-refractivity contribution in [3.8, 4) is 17.2 Å². The number of hydrogen-bond acceptors (Lipinski definition) is 8. The number of para-hydroxylation sites is 1. The lowest BCUT2D eigenvalue weighted by atomic mass is 9.88. The van der Waals surface area contributed by atoms with E-state index in [9.17, 15) is 14.4 Å². The predicted octanol–water partition coefficient (Wildman–Crippen LogP) is 4.78. The summed E-state index contributed by atoms with van der Waals surface area (Å²) >= 11 is 0. The molecular formula is C31H36N2O7. The summed E-state index contributed by atoms with van der Waals surface area (Å²) in [4.78, 5) is 41.7. The molecule has 3 aromatic rings. The largest absolute Gasteiger partial charge is 0.493 e. The molecule has 9 heteroatoms. The van der Waals surface area contributed by atoms with Crippen LogP contribution in [0.25, 0.3) is 0 Å². The number of carbonyl (C=O) groups is 3. The SMILES string of the molecule is CC[C@@H](Oc1ccccc1)[C@@H](Cc1ccccc1)[C@H](C)OC(=O)[C@H](C)NC(=O)c1nccc(OC)c1OC(C)=O. The molecule has 40 heavy (non-hydrogen) atoms. The van der Waals surface area contributed by atoms with Crippen LogP contribution in [0, 0.1) is 5.92 Å². The number of ether oxygens (including phenoxy) is 4. The van der Waals surface area contributed by atoms with Gasteiger partial charge < -0.3 is 24.3 Å². The van der Waals surface area contributed by atoms with E-state index in [1.807, 2.05) is 74.5 Å². The van der Waals surface area contributed by atoms with Crippen molar-refractivity contribution in [2.75, 3.05) is 7.11 Å². The number of hydrogen-bond donors (Lipinski definition) is 1. The Morgan fingerprint density at radius 1 is 0.950 bits per heavy atom. The summed E-state index contributed by atoms with van der Waals surface area (Å²) in [6.45, 7) is 6.58. The molecule has 1 amide bonds. The van der Waals surface area contributed by atoms with Crippen LogP contribution >= 0.6 is 0 Å². The summed E-state index contributed by atoms with van der Waals surface area (Å²) in [5, 5.41) is 2.58. The molecular weight excluding hydrogens is 512 g/mol. The molecule has 0 saturated heterocycles. The average molecular weight is 549 g/mol. The Balaban J connectivity index is 1.75. The van der Waals surface area contributed by atoms with E-state index in [1.54, 1.807) is 0 Å². The molecule has 3 rings (SSSR count). The average Bonchev–Trinajstić information content (AvgIpc) is 2.95. The Labute approximate surface area is 234 Å². The number of aromatic nitrogens is 1. The van der Waals surface area contributed by atoms with E-state index in [2.05, 4.69) is 10.3 Å². The summed E-state index contributed by atoms with van der Waals surface area (Å²) in [5.74, 6) is -1.38. The molecule has 2 aromatic carbocycles. The minimum atomic E-state index is -1.01. The van der Waals surface area contributed by atoms with Crippen molar-refractivity contribution in [3.63, 3.8) is 0 Å². The van der Waals surface area contributed by atoms with Gasteiger partial charge in [-0.3, -0.25) is 9.59 Å². The third-order valence-electron chi connectivity index (χ3n) is 6.38. The Hall–Kier alpha value is -4.40. The number of rotatable bonds is 13. The smallest absolute Gasteiger partial charge is 0.328 e. The van der Waals surface area contributed by atoms with Crippen LogP contribution in [0.2, 0.25) is 0 Å².